The molecule has 2 nitrogen and oxygen atoms in total. The Kier molecular flexibility index (Phi) is 7.85. The molecule has 0 aliphatic heterocycles. The quantitative estimate of drug-likeness (QED) is 0.309. The Hall–Kier alpha value is -0.0800. The van der Waals surface area contributed by atoms with Crippen molar-refractivity contribution < 1.29 is 10.1 Å². The first-order chi connectivity index (χ1) is 4.41. The Balaban J connectivity index is 2.60. The van der Waals surface area contributed by atoms with Crippen LogP contribution in [0.3, 0.4) is 0 Å². The minimum Gasteiger partial charge on any atom is -0.204 e. The van der Waals surface area contributed by atoms with Crippen LogP contribution in [0.25, 0.3) is 0 Å². The van der Waals surface area contributed by atoms with Crippen LogP contribution in [-0.2, 0) is 10.1 Å². The Labute approximate surface area is 56.8 Å². The number of unbranched alkanes of at least 4 members (excludes halogenated alkanes) is 4. The van der Waals surface area contributed by atoms with E-state index in [0.717, 1.165) is 12.8 Å². The van der Waals surface area contributed by atoms with Crippen molar-refractivity contribution in [2.24, 2.45) is 0 Å². The van der Waals surface area contributed by atoms with Crippen molar-refractivity contribution in [1.29, 1.82) is 0 Å². The standard InChI is InChI=1S/C7H15O2/c1-2-3-4-5-6-7-9-8/h2-7H2,1H3. The maximum Gasteiger partial charge on any atom is 0.0854 e. The molecule has 0 rings (SSSR count). The van der Waals surface area contributed by atoms with Crippen LogP contribution in [0.15, 0.2) is 0 Å². The third-order valence-corrected chi connectivity index (χ3v) is 1.33. The summed E-state index contributed by atoms with van der Waals surface area (Å²) in [5, 5.41) is 9.46. The van der Waals surface area contributed by atoms with Crippen LogP contribution in [0.5, 0.6) is 0 Å². The number of hydrogen-bond donors (Lipinski definition) is 0. The molecule has 0 spiro atoms. The van der Waals surface area contributed by atoms with Gasteiger partial charge in [0.1, 0.15) is 0 Å². The van der Waals surface area contributed by atoms with Crippen LogP contribution in [0, 0.1) is 0 Å². The minimum atomic E-state index is 0.379. The molecule has 1 radical (unpaired) electrons. The highest BCUT2D eigenvalue weighted by atomic mass is 17.1. The monoisotopic (exact) mass is 131 g/mol. The van der Waals surface area contributed by atoms with Gasteiger partial charge in [0, 0.05) is 0 Å². The van der Waals surface area contributed by atoms with Crippen LogP contribution in [0.4, 0.5) is 0 Å². The van der Waals surface area contributed by atoms with Crippen LogP contribution in [-0.4, -0.2) is 6.61 Å². The molecule has 0 N–H and O–H groups in total. The molecule has 0 amide bonds. The molecule has 0 aliphatic rings. The Morgan fingerprint density at radius 3 is 2.33 bits per heavy atom. The van der Waals surface area contributed by atoms with Gasteiger partial charge in [-0.3, -0.25) is 0 Å². The number of hydrogen-bond acceptors (Lipinski definition) is 1. The molecule has 0 saturated heterocycles. The maximum absolute atomic E-state index is 9.46. The predicted octanol–water partition coefficient (Wildman–Crippen LogP) is 2.32. The van der Waals surface area contributed by atoms with Gasteiger partial charge in [0.25, 0.3) is 0 Å². The Bertz CT molecular complexity index is 40.2. The number of rotatable bonds is 6. The molecule has 0 aliphatic carbocycles. The zero-order valence-corrected chi connectivity index (χ0v) is 6.06. The highest BCUT2D eigenvalue weighted by molar-refractivity contribution is 4.39. The second-order valence-electron chi connectivity index (χ2n) is 2.24. The zero-order valence-electron chi connectivity index (χ0n) is 6.06. The molecule has 0 bridgehead atoms. The van der Waals surface area contributed by atoms with E-state index in [2.05, 4.69) is 11.8 Å². The van der Waals surface area contributed by atoms with Crippen molar-refractivity contribution in [3.05, 3.63) is 0 Å². The molecule has 9 heavy (non-hydrogen) atoms. The third kappa shape index (κ3) is 7.92. The van der Waals surface area contributed by atoms with E-state index in [0.29, 0.717) is 6.61 Å². The topological polar surface area (TPSA) is 29.1 Å². The van der Waals surface area contributed by atoms with Crippen molar-refractivity contribution in [1.82, 2.24) is 0 Å². The van der Waals surface area contributed by atoms with Crippen LogP contribution >= 0.6 is 0 Å². The first-order valence-corrected chi connectivity index (χ1v) is 3.66. The SMILES string of the molecule is CCCCCCCO[O]. The van der Waals surface area contributed by atoms with Gasteiger partial charge in [-0.1, -0.05) is 32.6 Å². The Morgan fingerprint density at radius 2 is 1.78 bits per heavy atom. The third-order valence-electron chi connectivity index (χ3n) is 1.33. The largest absolute Gasteiger partial charge is 0.204 e. The summed E-state index contributed by atoms with van der Waals surface area (Å²) in [6.07, 6.45) is 5.82. The van der Waals surface area contributed by atoms with Gasteiger partial charge in [0.15, 0.2) is 0 Å². The van der Waals surface area contributed by atoms with Gasteiger partial charge in [-0.25, -0.2) is 4.89 Å². The van der Waals surface area contributed by atoms with Gasteiger partial charge >= 0.3 is 0 Å². The molecular formula is C7H15O2. The van der Waals surface area contributed by atoms with Crippen molar-refractivity contribution in [2.75, 3.05) is 6.61 Å². The average Bonchev–Trinajstić information content (AvgIpc) is 1.89. The van der Waals surface area contributed by atoms with E-state index in [1.807, 2.05) is 0 Å². The van der Waals surface area contributed by atoms with Crippen molar-refractivity contribution >= 4 is 0 Å². The lowest BCUT2D eigenvalue weighted by Crippen LogP contribution is -1.86. The Morgan fingerprint density at radius 1 is 1.11 bits per heavy atom. The van der Waals surface area contributed by atoms with Gasteiger partial charge < -0.3 is 0 Å². The summed E-state index contributed by atoms with van der Waals surface area (Å²) in [5.74, 6) is 0. The molecule has 55 valence electrons. The molecule has 0 fully saturated rings. The molecule has 0 heterocycles. The van der Waals surface area contributed by atoms with E-state index in [-0.39, 0.29) is 0 Å². The fourth-order valence-corrected chi connectivity index (χ4v) is 0.765. The first kappa shape index (κ1) is 8.92. The summed E-state index contributed by atoms with van der Waals surface area (Å²) in [4.78, 5) is 3.67. The van der Waals surface area contributed by atoms with Gasteiger partial charge in [0.05, 0.1) is 6.61 Å². The summed E-state index contributed by atoms with van der Waals surface area (Å²) < 4.78 is 0. The molecule has 0 saturated carbocycles. The van der Waals surface area contributed by atoms with Crippen LogP contribution in [0.2, 0.25) is 0 Å². The maximum atomic E-state index is 9.46. The molecule has 0 atom stereocenters. The van der Waals surface area contributed by atoms with E-state index in [1.165, 1.54) is 19.3 Å². The summed E-state index contributed by atoms with van der Waals surface area (Å²) in [6.45, 7) is 2.55. The second-order valence-corrected chi connectivity index (χ2v) is 2.24. The van der Waals surface area contributed by atoms with E-state index in [1.54, 1.807) is 0 Å². The smallest absolute Gasteiger partial charge is 0.0854 e. The zero-order chi connectivity index (χ0) is 6.95. The highest BCUT2D eigenvalue weighted by Crippen LogP contribution is 2.01. The first-order valence-electron chi connectivity index (χ1n) is 3.66. The molecular weight excluding hydrogens is 116 g/mol. The van der Waals surface area contributed by atoms with E-state index >= 15 is 0 Å². The molecule has 2 heteroatoms. The second kappa shape index (κ2) is 7.92. The van der Waals surface area contributed by atoms with E-state index in [4.69, 9.17) is 0 Å². The highest BCUT2D eigenvalue weighted by Gasteiger charge is 1.87. The van der Waals surface area contributed by atoms with Crippen LogP contribution in [0.1, 0.15) is 39.0 Å². The lowest BCUT2D eigenvalue weighted by Gasteiger charge is -1.94. The molecule has 0 aromatic rings. The van der Waals surface area contributed by atoms with Gasteiger partial charge in [-0.2, -0.15) is 0 Å². The molecule has 0 aromatic carbocycles. The summed E-state index contributed by atoms with van der Waals surface area (Å²) >= 11 is 0. The normalized spacial score (nSPS) is 10.0. The lowest BCUT2D eigenvalue weighted by molar-refractivity contribution is -0.303. The molecule has 0 aromatic heterocycles. The summed E-state index contributed by atoms with van der Waals surface area (Å²) in [7, 11) is 0. The lowest BCUT2D eigenvalue weighted by atomic mass is 10.2. The van der Waals surface area contributed by atoms with Crippen LogP contribution < -0.4 is 0 Å². The van der Waals surface area contributed by atoms with Crippen molar-refractivity contribution in [2.45, 2.75) is 39.0 Å². The summed E-state index contributed by atoms with van der Waals surface area (Å²) in [6, 6.07) is 0. The predicted molar refractivity (Wildman–Crippen MR) is 35.4 cm³/mol. The minimum absolute atomic E-state index is 0.379. The van der Waals surface area contributed by atoms with E-state index < -0.39 is 0 Å². The fraction of sp³-hybridized carbons (Fsp3) is 1.00. The fourth-order valence-electron chi connectivity index (χ4n) is 0.765. The van der Waals surface area contributed by atoms with Gasteiger partial charge in [0.2, 0.25) is 0 Å². The van der Waals surface area contributed by atoms with Gasteiger partial charge in [-0.15, -0.1) is 0 Å². The van der Waals surface area contributed by atoms with Gasteiger partial charge in [-0.05, 0) is 11.7 Å². The molecule has 0 unspecified atom stereocenters. The van der Waals surface area contributed by atoms with E-state index in [9.17, 15) is 5.26 Å². The average molecular weight is 131 g/mol. The van der Waals surface area contributed by atoms with Crippen molar-refractivity contribution in [3.8, 4) is 0 Å². The summed E-state index contributed by atoms with van der Waals surface area (Å²) in [5.41, 5.74) is 0. The van der Waals surface area contributed by atoms with Crippen molar-refractivity contribution in [3.63, 3.8) is 0 Å².